The second-order valence-corrected chi connectivity index (χ2v) is 4.84. The highest BCUT2D eigenvalue weighted by atomic mass is 32.1. The molecule has 0 amide bonds. The number of nitrogens with zero attached hydrogens (tertiary/aromatic N) is 1. The van der Waals surface area contributed by atoms with E-state index < -0.39 is 5.97 Å². The van der Waals surface area contributed by atoms with E-state index in [2.05, 4.69) is 4.98 Å². The van der Waals surface area contributed by atoms with Crippen LogP contribution < -0.4 is 0 Å². The van der Waals surface area contributed by atoms with Crippen LogP contribution in [0.5, 0.6) is 0 Å². The van der Waals surface area contributed by atoms with Crippen molar-refractivity contribution in [2.75, 3.05) is 7.11 Å². The zero-order valence-corrected chi connectivity index (χ0v) is 10.7. The molecule has 1 heterocycles. The van der Waals surface area contributed by atoms with E-state index in [1.54, 1.807) is 7.11 Å². The molecule has 0 aliphatic rings. The minimum Gasteiger partial charge on any atom is -0.481 e. The summed E-state index contributed by atoms with van der Waals surface area (Å²) < 4.78 is 5.05. The molecule has 1 aromatic heterocycles. The average Bonchev–Trinajstić information content (AvgIpc) is 2.73. The molecule has 4 nitrogen and oxygen atoms in total. The van der Waals surface area contributed by atoms with Crippen LogP contribution in [0.1, 0.15) is 10.6 Å². The molecule has 2 aromatic rings. The van der Waals surface area contributed by atoms with Crippen molar-refractivity contribution in [3.63, 3.8) is 0 Å². The number of hydrogen-bond donors (Lipinski definition) is 1. The van der Waals surface area contributed by atoms with Crippen molar-refractivity contribution in [3.8, 4) is 10.6 Å². The molecule has 2 rings (SSSR count). The molecular formula is C13H13NO3S. The van der Waals surface area contributed by atoms with Crippen LogP contribution in [0.4, 0.5) is 0 Å². The standard InChI is InChI=1S/C13H13NO3S/c1-17-8-10-11(7-12(15)16)18-13(14-10)9-5-3-2-4-6-9/h2-6H,7-8H2,1H3,(H,15,16). The molecule has 5 heteroatoms. The van der Waals surface area contributed by atoms with E-state index in [1.807, 2.05) is 30.3 Å². The summed E-state index contributed by atoms with van der Waals surface area (Å²) >= 11 is 1.41. The summed E-state index contributed by atoms with van der Waals surface area (Å²) in [4.78, 5) is 16.0. The maximum absolute atomic E-state index is 10.8. The van der Waals surface area contributed by atoms with Crippen molar-refractivity contribution in [2.45, 2.75) is 13.0 Å². The van der Waals surface area contributed by atoms with Crippen molar-refractivity contribution < 1.29 is 14.6 Å². The summed E-state index contributed by atoms with van der Waals surface area (Å²) in [5, 5.41) is 9.71. The van der Waals surface area contributed by atoms with Gasteiger partial charge in [0.1, 0.15) is 5.01 Å². The van der Waals surface area contributed by atoms with E-state index in [0.717, 1.165) is 15.4 Å². The van der Waals surface area contributed by atoms with Gasteiger partial charge in [-0.1, -0.05) is 30.3 Å². The quantitative estimate of drug-likeness (QED) is 0.900. The van der Waals surface area contributed by atoms with Crippen LogP contribution in [-0.4, -0.2) is 23.2 Å². The van der Waals surface area contributed by atoms with E-state index in [0.29, 0.717) is 12.3 Å². The number of methoxy groups -OCH3 is 1. The van der Waals surface area contributed by atoms with Crippen LogP contribution in [0.2, 0.25) is 0 Å². The predicted octanol–water partition coefficient (Wildman–Crippen LogP) is 2.58. The average molecular weight is 263 g/mol. The third kappa shape index (κ3) is 2.94. The molecule has 0 spiro atoms. The number of carbonyl (C=O) groups is 1. The molecule has 94 valence electrons. The molecule has 18 heavy (non-hydrogen) atoms. The number of hydrogen-bond acceptors (Lipinski definition) is 4. The number of aliphatic carboxylic acids is 1. The fourth-order valence-corrected chi connectivity index (χ4v) is 2.67. The van der Waals surface area contributed by atoms with Gasteiger partial charge in [0.25, 0.3) is 0 Å². The monoisotopic (exact) mass is 263 g/mol. The summed E-state index contributed by atoms with van der Waals surface area (Å²) in [7, 11) is 1.58. The van der Waals surface area contributed by atoms with Crippen molar-refractivity contribution >= 4 is 17.3 Å². The molecule has 0 fully saturated rings. The van der Waals surface area contributed by atoms with E-state index in [1.165, 1.54) is 11.3 Å². The van der Waals surface area contributed by atoms with Gasteiger partial charge in [-0.3, -0.25) is 4.79 Å². The fourth-order valence-electron chi connectivity index (χ4n) is 1.61. The van der Waals surface area contributed by atoms with Gasteiger partial charge in [0, 0.05) is 17.6 Å². The van der Waals surface area contributed by atoms with E-state index in [-0.39, 0.29) is 6.42 Å². The minimum atomic E-state index is -0.851. The van der Waals surface area contributed by atoms with Crippen LogP contribution in [0.15, 0.2) is 30.3 Å². The second-order valence-electron chi connectivity index (χ2n) is 3.76. The van der Waals surface area contributed by atoms with Gasteiger partial charge >= 0.3 is 5.97 Å². The number of thiazole rings is 1. The Balaban J connectivity index is 2.35. The van der Waals surface area contributed by atoms with Gasteiger partial charge in [-0.05, 0) is 0 Å². The lowest BCUT2D eigenvalue weighted by atomic mass is 10.2. The molecule has 1 N–H and O–H groups in total. The Morgan fingerprint density at radius 1 is 1.39 bits per heavy atom. The molecule has 0 aliphatic carbocycles. The zero-order valence-electron chi connectivity index (χ0n) is 9.92. The van der Waals surface area contributed by atoms with Crippen molar-refractivity contribution in [2.24, 2.45) is 0 Å². The maximum atomic E-state index is 10.8. The first-order valence-electron chi connectivity index (χ1n) is 5.45. The Morgan fingerprint density at radius 2 is 2.11 bits per heavy atom. The summed E-state index contributed by atoms with van der Waals surface area (Å²) in [5.41, 5.74) is 1.71. The Morgan fingerprint density at radius 3 is 2.72 bits per heavy atom. The number of carboxylic acids is 1. The van der Waals surface area contributed by atoms with E-state index in [9.17, 15) is 4.79 Å². The highest BCUT2D eigenvalue weighted by Crippen LogP contribution is 2.28. The third-order valence-corrected chi connectivity index (χ3v) is 3.54. The van der Waals surface area contributed by atoms with Gasteiger partial charge in [0.05, 0.1) is 18.7 Å². The van der Waals surface area contributed by atoms with Crippen LogP contribution in [0.3, 0.4) is 0 Å². The Hall–Kier alpha value is -1.72. The molecule has 0 aliphatic heterocycles. The highest BCUT2D eigenvalue weighted by Gasteiger charge is 2.14. The molecule has 1 aromatic carbocycles. The number of aromatic nitrogens is 1. The van der Waals surface area contributed by atoms with Crippen LogP contribution in [0, 0.1) is 0 Å². The summed E-state index contributed by atoms with van der Waals surface area (Å²) in [5.74, 6) is -0.851. The van der Waals surface area contributed by atoms with Gasteiger partial charge < -0.3 is 9.84 Å². The Labute approximate surface area is 109 Å². The van der Waals surface area contributed by atoms with Crippen molar-refractivity contribution in [1.29, 1.82) is 0 Å². The van der Waals surface area contributed by atoms with Crippen molar-refractivity contribution in [1.82, 2.24) is 4.98 Å². The van der Waals surface area contributed by atoms with Crippen LogP contribution in [0.25, 0.3) is 10.6 Å². The van der Waals surface area contributed by atoms with Gasteiger partial charge in [0.2, 0.25) is 0 Å². The largest absolute Gasteiger partial charge is 0.481 e. The first-order valence-corrected chi connectivity index (χ1v) is 6.27. The maximum Gasteiger partial charge on any atom is 0.308 e. The molecular weight excluding hydrogens is 250 g/mol. The fraction of sp³-hybridized carbons (Fsp3) is 0.231. The Bertz CT molecular complexity index is 536. The van der Waals surface area contributed by atoms with Gasteiger partial charge in [0.15, 0.2) is 0 Å². The molecule has 0 radical (unpaired) electrons. The molecule has 0 unspecified atom stereocenters. The summed E-state index contributed by atoms with van der Waals surface area (Å²) in [6.45, 7) is 0.339. The predicted molar refractivity (Wildman–Crippen MR) is 69.6 cm³/mol. The van der Waals surface area contributed by atoms with Crippen molar-refractivity contribution in [3.05, 3.63) is 40.9 Å². The van der Waals surface area contributed by atoms with Gasteiger partial charge in [-0.15, -0.1) is 11.3 Å². The lowest BCUT2D eigenvalue weighted by molar-refractivity contribution is -0.136. The number of rotatable bonds is 5. The van der Waals surface area contributed by atoms with Crippen LogP contribution in [-0.2, 0) is 22.6 Å². The summed E-state index contributed by atoms with van der Waals surface area (Å²) in [6, 6.07) is 9.72. The first kappa shape index (κ1) is 12.7. The van der Waals surface area contributed by atoms with Crippen LogP contribution >= 0.6 is 11.3 Å². The van der Waals surface area contributed by atoms with Gasteiger partial charge in [-0.25, -0.2) is 4.98 Å². The van der Waals surface area contributed by atoms with Gasteiger partial charge in [-0.2, -0.15) is 0 Å². The van der Waals surface area contributed by atoms with E-state index in [4.69, 9.17) is 9.84 Å². The summed E-state index contributed by atoms with van der Waals surface area (Å²) in [6.07, 6.45) is -0.0107. The molecule has 0 saturated carbocycles. The highest BCUT2D eigenvalue weighted by molar-refractivity contribution is 7.15. The van der Waals surface area contributed by atoms with E-state index >= 15 is 0 Å². The topological polar surface area (TPSA) is 59.4 Å². The molecule has 0 atom stereocenters. The lowest BCUT2D eigenvalue weighted by Crippen LogP contribution is -2.01. The first-order chi connectivity index (χ1) is 8.70. The zero-order chi connectivity index (χ0) is 13.0. The number of benzene rings is 1. The smallest absolute Gasteiger partial charge is 0.308 e. The lowest BCUT2D eigenvalue weighted by Gasteiger charge is -1.96. The normalized spacial score (nSPS) is 10.5. The Kier molecular flexibility index (Phi) is 4.07. The second kappa shape index (κ2) is 5.75. The SMILES string of the molecule is COCc1nc(-c2ccccc2)sc1CC(=O)O. The molecule has 0 bridgehead atoms. The number of carboxylic acid groups (broad SMARTS) is 1. The number of ether oxygens (including phenoxy) is 1. The minimum absolute atomic E-state index is 0.0107. The third-order valence-electron chi connectivity index (χ3n) is 2.39. The molecule has 0 saturated heterocycles.